The second-order valence-electron chi connectivity index (χ2n) is 6.48. The van der Waals surface area contributed by atoms with Crippen LogP contribution < -0.4 is 5.32 Å². The van der Waals surface area contributed by atoms with E-state index in [2.05, 4.69) is 15.4 Å². The standard InChI is InChI=1S/C20H17N5O4/c1-12-16(19(26)29-2)17(13-8-10-15(11-9-13)25(27)28)24-20(21-12)22-18(23-24)14-6-4-3-5-7-14/h3-11,17H,1-2H3,(H,21,22,23). The van der Waals surface area contributed by atoms with Crippen LogP contribution in [0.2, 0.25) is 0 Å². The summed E-state index contributed by atoms with van der Waals surface area (Å²) in [4.78, 5) is 27.6. The zero-order valence-electron chi connectivity index (χ0n) is 15.7. The Morgan fingerprint density at radius 3 is 2.48 bits per heavy atom. The van der Waals surface area contributed by atoms with Gasteiger partial charge in [0.2, 0.25) is 5.95 Å². The summed E-state index contributed by atoms with van der Waals surface area (Å²) in [6.45, 7) is 1.75. The van der Waals surface area contributed by atoms with Crippen LogP contribution in [-0.2, 0) is 9.53 Å². The Kier molecular flexibility index (Phi) is 4.55. The topological polar surface area (TPSA) is 112 Å². The molecule has 1 atom stereocenters. The number of nitrogens with zero attached hydrogens (tertiary/aromatic N) is 4. The number of aromatic nitrogens is 3. The molecule has 0 spiro atoms. The van der Waals surface area contributed by atoms with E-state index in [0.29, 0.717) is 28.6 Å². The van der Waals surface area contributed by atoms with E-state index in [4.69, 9.17) is 4.74 Å². The number of nitro benzene ring substituents is 1. The maximum atomic E-state index is 12.5. The minimum atomic E-state index is -0.635. The van der Waals surface area contributed by atoms with Gasteiger partial charge in [0.15, 0.2) is 5.82 Å². The lowest BCUT2D eigenvalue weighted by Gasteiger charge is -2.27. The summed E-state index contributed by atoms with van der Waals surface area (Å²) in [5.41, 5.74) is 2.39. The van der Waals surface area contributed by atoms with E-state index in [1.54, 1.807) is 23.7 Å². The third-order valence-corrected chi connectivity index (χ3v) is 4.71. The molecule has 1 unspecified atom stereocenters. The lowest BCUT2D eigenvalue weighted by atomic mass is 9.95. The Balaban J connectivity index is 1.86. The molecule has 1 aliphatic rings. The number of benzene rings is 2. The zero-order chi connectivity index (χ0) is 20.5. The number of nitrogens with one attached hydrogen (secondary N) is 1. The van der Waals surface area contributed by atoms with Gasteiger partial charge in [-0.25, -0.2) is 9.48 Å². The van der Waals surface area contributed by atoms with E-state index in [-0.39, 0.29) is 5.69 Å². The average Bonchev–Trinajstić information content (AvgIpc) is 3.16. The molecule has 0 bridgehead atoms. The first-order valence-electron chi connectivity index (χ1n) is 8.82. The lowest BCUT2D eigenvalue weighted by Crippen LogP contribution is -2.29. The highest BCUT2D eigenvalue weighted by atomic mass is 16.6. The maximum absolute atomic E-state index is 12.5. The van der Waals surface area contributed by atoms with Gasteiger partial charge in [0.05, 0.1) is 17.6 Å². The maximum Gasteiger partial charge on any atom is 0.338 e. The molecule has 0 radical (unpaired) electrons. The number of anilines is 1. The number of carbonyl (C=O) groups is 1. The number of esters is 1. The van der Waals surface area contributed by atoms with Gasteiger partial charge in [0.1, 0.15) is 6.04 Å². The minimum Gasteiger partial charge on any atom is -0.466 e. The summed E-state index contributed by atoms with van der Waals surface area (Å²) in [7, 11) is 1.31. The fraction of sp³-hybridized carbons (Fsp3) is 0.150. The van der Waals surface area contributed by atoms with Gasteiger partial charge < -0.3 is 10.1 Å². The van der Waals surface area contributed by atoms with Crippen LogP contribution in [0, 0.1) is 10.1 Å². The van der Waals surface area contributed by atoms with Crippen molar-refractivity contribution in [2.24, 2.45) is 0 Å². The molecule has 0 fully saturated rings. The molecule has 29 heavy (non-hydrogen) atoms. The normalized spacial score (nSPS) is 15.4. The molecule has 1 N–H and O–H groups in total. The third kappa shape index (κ3) is 3.22. The van der Waals surface area contributed by atoms with Crippen molar-refractivity contribution in [3.05, 3.63) is 81.5 Å². The van der Waals surface area contributed by atoms with E-state index in [9.17, 15) is 14.9 Å². The molecule has 1 aliphatic heterocycles. The predicted molar refractivity (Wildman–Crippen MR) is 105 cm³/mol. The van der Waals surface area contributed by atoms with Crippen LogP contribution in [0.15, 0.2) is 65.9 Å². The molecule has 0 saturated carbocycles. The van der Waals surface area contributed by atoms with E-state index in [1.165, 1.54) is 19.2 Å². The number of hydrogen-bond acceptors (Lipinski definition) is 7. The number of ether oxygens (including phenoxy) is 1. The smallest absolute Gasteiger partial charge is 0.338 e. The molecule has 3 aromatic rings. The minimum absolute atomic E-state index is 0.0354. The van der Waals surface area contributed by atoms with Crippen molar-refractivity contribution in [1.29, 1.82) is 0 Å². The molecule has 0 saturated heterocycles. The average molecular weight is 391 g/mol. The Bertz CT molecular complexity index is 1120. The molecule has 2 aromatic carbocycles. The molecule has 146 valence electrons. The molecule has 0 amide bonds. The summed E-state index contributed by atoms with van der Waals surface area (Å²) < 4.78 is 6.57. The largest absolute Gasteiger partial charge is 0.466 e. The second-order valence-corrected chi connectivity index (χ2v) is 6.48. The van der Waals surface area contributed by atoms with Crippen molar-refractivity contribution in [1.82, 2.24) is 14.8 Å². The third-order valence-electron chi connectivity index (χ3n) is 4.71. The summed E-state index contributed by atoms with van der Waals surface area (Å²) in [5, 5.41) is 18.7. The number of methoxy groups -OCH3 is 1. The molecular formula is C20H17N5O4. The fourth-order valence-electron chi connectivity index (χ4n) is 3.32. The summed E-state index contributed by atoms with van der Waals surface area (Å²) in [5.74, 6) is 0.456. The molecule has 9 nitrogen and oxygen atoms in total. The van der Waals surface area contributed by atoms with Crippen LogP contribution in [0.4, 0.5) is 11.6 Å². The number of non-ortho nitro benzene ring substituents is 1. The Labute approximate surface area is 165 Å². The van der Waals surface area contributed by atoms with Gasteiger partial charge >= 0.3 is 5.97 Å². The molecule has 9 heteroatoms. The number of nitro groups is 1. The molecule has 1 aromatic heterocycles. The number of fused-ring (bicyclic) bond motifs is 1. The van der Waals surface area contributed by atoms with Gasteiger partial charge in [-0.2, -0.15) is 4.98 Å². The summed E-state index contributed by atoms with van der Waals surface area (Å²) in [6, 6.07) is 14.8. The van der Waals surface area contributed by atoms with Crippen LogP contribution in [-0.4, -0.2) is 32.8 Å². The number of allylic oxidation sites excluding steroid dienone is 1. The van der Waals surface area contributed by atoms with Gasteiger partial charge in [-0.15, -0.1) is 5.10 Å². The SMILES string of the molecule is COC(=O)C1=C(C)Nc2nc(-c3ccccc3)nn2C1c1ccc([N+](=O)[O-])cc1. The van der Waals surface area contributed by atoms with Crippen molar-refractivity contribution in [2.45, 2.75) is 13.0 Å². The highest BCUT2D eigenvalue weighted by Crippen LogP contribution is 2.37. The van der Waals surface area contributed by atoms with Crippen molar-refractivity contribution in [2.75, 3.05) is 12.4 Å². The van der Waals surface area contributed by atoms with Gasteiger partial charge in [-0.1, -0.05) is 30.3 Å². The summed E-state index contributed by atoms with van der Waals surface area (Å²) >= 11 is 0. The van der Waals surface area contributed by atoms with Gasteiger partial charge in [0, 0.05) is 23.4 Å². The monoisotopic (exact) mass is 391 g/mol. The van der Waals surface area contributed by atoms with Gasteiger partial charge in [-0.05, 0) is 24.6 Å². The quantitative estimate of drug-likeness (QED) is 0.412. The summed E-state index contributed by atoms with van der Waals surface area (Å²) in [6.07, 6.45) is 0. The van der Waals surface area contributed by atoms with E-state index >= 15 is 0 Å². The number of carbonyl (C=O) groups excluding carboxylic acids is 1. The molecule has 4 rings (SSSR count). The van der Waals surface area contributed by atoms with Gasteiger partial charge in [0.25, 0.3) is 5.69 Å². The van der Waals surface area contributed by atoms with Crippen LogP contribution in [0.25, 0.3) is 11.4 Å². The number of rotatable bonds is 4. The first kappa shape index (κ1) is 18.4. The van der Waals surface area contributed by atoms with Crippen molar-refractivity contribution in [3.8, 4) is 11.4 Å². The zero-order valence-corrected chi connectivity index (χ0v) is 15.7. The first-order valence-corrected chi connectivity index (χ1v) is 8.82. The Morgan fingerprint density at radius 2 is 1.86 bits per heavy atom. The van der Waals surface area contributed by atoms with E-state index in [0.717, 1.165) is 5.56 Å². The van der Waals surface area contributed by atoms with Crippen LogP contribution in [0.1, 0.15) is 18.5 Å². The fourth-order valence-corrected chi connectivity index (χ4v) is 3.32. The van der Waals surface area contributed by atoms with Crippen LogP contribution >= 0.6 is 0 Å². The second kappa shape index (κ2) is 7.19. The molecule has 2 heterocycles. The van der Waals surface area contributed by atoms with Crippen LogP contribution in [0.5, 0.6) is 0 Å². The van der Waals surface area contributed by atoms with Crippen molar-refractivity contribution >= 4 is 17.6 Å². The predicted octanol–water partition coefficient (Wildman–Crippen LogP) is 3.32. The Hall–Kier alpha value is -4.01. The Morgan fingerprint density at radius 1 is 1.17 bits per heavy atom. The van der Waals surface area contributed by atoms with Crippen LogP contribution in [0.3, 0.4) is 0 Å². The number of hydrogen-bond donors (Lipinski definition) is 1. The van der Waals surface area contributed by atoms with Gasteiger partial charge in [-0.3, -0.25) is 10.1 Å². The highest BCUT2D eigenvalue weighted by Gasteiger charge is 2.35. The van der Waals surface area contributed by atoms with E-state index < -0.39 is 16.9 Å². The van der Waals surface area contributed by atoms with E-state index in [1.807, 2.05) is 30.3 Å². The highest BCUT2D eigenvalue weighted by molar-refractivity contribution is 5.92. The first-order chi connectivity index (χ1) is 14.0. The molecular weight excluding hydrogens is 374 g/mol. The molecule has 0 aliphatic carbocycles. The lowest BCUT2D eigenvalue weighted by molar-refractivity contribution is -0.384. The van der Waals surface area contributed by atoms with Crippen molar-refractivity contribution < 1.29 is 14.5 Å². The van der Waals surface area contributed by atoms with Crippen molar-refractivity contribution in [3.63, 3.8) is 0 Å².